The molecule has 0 saturated heterocycles. The molecule has 3 heterocycles. The van der Waals surface area contributed by atoms with Crippen LogP contribution in [0.2, 0.25) is 0 Å². The van der Waals surface area contributed by atoms with Gasteiger partial charge in [-0.1, -0.05) is 23.4 Å². The fraction of sp³-hybridized carbons (Fsp3) is 0.360. The van der Waals surface area contributed by atoms with Gasteiger partial charge in [0.1, 0.15) is 5.60 Å². The minimum atomic E-state index is -0.590. The van der Waals surface area contributed by atoms with Gasteiger partial charge in [-0.25, -0.2) is 9.89 Å². The molecule has 0 aliphatic carbocycles. The maximum absolute atomic E-state index is 12.2. The van der Waals surface area contributed by atoms with E-state index in [1.54, 1.807) is 45.0 Å². The topological polar surface area (TPSA) is 164 Å². The molecule has 0 spiro atoms. The highest BCUT2D eigenvalue weighted by atomic mass is 32.1. The van der Waals surface area contributed by atoms with Crippen molar-refractivity contribution in [3.05, 3.63) is 52.6 Å². The second kappa shape index (κ2) is 11.9. The first-order valence-electron chi connectivity index (χ1n) is 12.1. The molecule has 4 N–H and O–H groups in total. The van der Waals surface area contributed by atoms with Crippen molar-refractivity contribution in [3.63, 3.8) is 0 Å². The predicted octanol–water partition coefficient (Wildman–Crippen LogP) is 3.93. The standard InChI is InChI=1S/C25H29N7O5S/c1-25(2,3)36-24(35)29-20-12-9-17(38-20)22-28-19(37-32-22)11-10-18(33)26-13-6-14-27-21-15-7-4-5-8-16(15)23(34)31-30-21/h4-5,7-9,12H,6,10-11,13-14H2,1-3H3,(H,26,33)(H,27,30)(H,29,35)(H,31,34). The van der Waals surface area contributed by atoms with Crippen molar-refractivity contribution in [2.45, 2.75) is 45.6 Å². The third-order valence-corrected chi connectivity index (χ3v) is 6.15. The van der Waals surface area contributed by atoms with Crippen LogP contribution in [0.15, 0.2) is 45.7 Å². The zero-order valence-corrected chi connectivity index (χ0v) is 22.1. The number of carbonyl (C=O) groups is 2. The average molecular weight is 540 g/mol. The fourth-order valence-corrected chi connectivity index (χ4v) is 4.28. The molecular weight excluding hydrogens is 510 g/mol. The lowest BCUT2D eigenvalue weighted by Gasteiger charge is -2.19. The van der Waals surface area contributed by atoms with Crippen LogP contribution < -0.4 is 21.5 Å². The Kier molecular flexibility index (Phi) is 8.36. The van der Waals surface area contributed by atoms with E-state index in [-0.39, 0.29) is 17.9 Å². The first-order chi connectivity index (χ1) is 18.2. The molecule has 0 aliphatic heterocycles. The highest BCUT2D eigenvalue weighted by molar-refractivity contribution is 7.19. The summed E-state index contributed by atoms with van der Waals surface area (Å²) in [6.45, 7) is 6.43. The van der Waals surface area contributed by atoms with Crippen LogP contribution >= 0.6 is 11.3 Å². The average Bonchev–Trinajstić information content (AvgIpc) is 3.52. The largest absolute Gasteiger partial charge is 0.444 e. The lowest BCUT2D eigenvalue weighted by molar-refractivity contribution is -0.121. The lowest BCUT2D eigenvalue weighted by atomic mass is 10.2. The summed E-state index contributed by atoms with van der Waals surface area (Å²) in [7, 11) is 0. The summed E-state index contributed by atoms with van der Waals surface area (Å²) < 4.78 is 10.5. The second-order valence-electron chi connectivity index (χ2n) is 9.38. The highest BCUT2D eigenvalue weighted by Gasteiger charge is 2.18. The quantitative estimate of drug-likeness (QED) is 0.219. The molecule has 200 valence electrons. The van der Waals surface area contributed by atoms with Crippen LogP contribution in [0.1, 0.15) is 39.5 Å². The molecule has 0 atom stereocenters. The molecule has 0 radical (unpaired) electrons. The molecule has 4 aromatic rings. The van der Waals surface area contributed by atoms with Gasteiger partial charge >= 0.3 is 6.09 Å². The molecule has 0 fully saturated rings. The van der Waals surface area contributed by atoms with Gasteiger partial charge in [0.15, 0.2) is 5.82 Å². The van der Waals surface area contributed by atoms with E-state index in [1.165, 1.54) is 11.3 Å². The Morgan fingerprint density at radius 1 is 1.11 bits per heavy atom. The Bertz CT molecular complexity index is 1470. The third-order valence-electron chi connectivity index (χ3n) is 5.15. The number of nitrogens with one attached hydrogen (secondary N) is 4. The smallest absolute Gasteiger partial charge is 0.412 e. The number of aromatic nitrogens is 4. The monoisotopic (exact) mass is 539 g/mol. The molecule has 3 aromatic heterocycles. The number of thiophene rings is 1. The van der Waals surface area contributed by atoms with E-state index in [2.05, 4.69) is 36.3 Å². The van der Waals surface area contributed by atoms with Gasteiger partial charge in [-0.15, -0.1) is 11.3 Å². The molecule has 2 amide bonds. The van der Waals surface area contributed by atoms with Gasteiger partial charge in [-0.2, -0.15) is 10.1 Å². The van der Waals surface area contributed by atoms with Gasteiger partial charge in [-0.3, -0.25) is 14.9 Å². The molecule has 1 aromatic carbocycles. The van der Waals surface area contributed by atoms with E-state index >= 15 is 0 Å². The Morgan fingerprint density at radius 2 is 1.89 bits per heavy atom. The van der Waals surface area contributed by atoms with Crippen LogP contribution in [0.3, 0.4) is 0 Å². The van der Waals surface area contributed by atoms with Crippen LogP contribution in [0.25, 0.3) is 21.5 Å². The summed E-state index contributed by atoms with van der Waals surface area (Å²) in [5.74, 6) is 1.20. The zero-order valence-electron chi connectivity index (χ0n) is 21.3. The molecule has 4 rings (SSSR count). The molecule has 0 unspecified atom stereocenters. The third kappa shape index (κ3) is 7.38. The summed E-state index contributed by atoms with van der Waals surface area (Å²) in [5.41, 5.74) is -0.824. The second-order valence-corrected chi connectivity index (χ2v) is 10.5. The van der Waals surface area contributed by atoms with Gasteiger partial charge in [0.25, 0.3) is 5.56 Å². The normalized spacial score (nSPS) is 11.3. The Labute approximate surface area is 222 Å². The maximum Gasteiger partial charge on any atom is 0.412 e. The number of ether oxygens (including phenoxy) is 1. The van der Waals surface area contributed by atoms with E-state index in [0.717, 1.165) is 5.39 Å². The number of carbonyl (C=O) groups excluding carboxylic acids is 2. The first kappa shape index (κ1) is 26.8. The number of anilines is 2. The van der Waals surface area contributed by atoms with Crippen molar-refractivity contribution in [3.8, 4) is 10.7 Å². The van der Waals surface area contributed by atoms with Gasteiger partial charge in [0.05, 0.1) is 15.3 Å². The van der Waals surface area contributed by atoms with Crippen molar-refractivity contribution < 1.29 is 18.8 Å². The van der Waals surface area contributed by atoms with Crippen LogP contribution in [-0.2, 0) is 16.0 Å². The number of nitrogens with zero attached hydrogens (tertiary/aromatic N) is 3. The number of hydrogen-bond acceptors (Lipinski definition) is 10. The van der Waals surface area contributed by atoms with E-state index in [1.807, 2.05) is 12.1 Å². The summed E-state index contributed by atoms with van der Waals surface area (Å²) in [4.78, 5) is 41.1. The number of H-pyrrole nitrogens is 1. The zero-order chi connectivity index (χ0) is 27.1. The van der Waals surface area contributed by atoms with Gasteiger partial charge in [0, 0.05) is 31.3 Å². The van der Waals surface area contributed by atoms with Gasteiger partial charge in [-0.05, 0) is 45.4 Å². The number of hydrogen-bond donors (Lipinski definition) is 4. The first-order valence-corrected chi connectivity index (χ1v) is 12.9. The van der Waals surface area contributed by atoms with Crippen molar-refractivity contribution in [2.24, 2.45) is 0 Å². The molecule has 13 heteroatoms. The number of amides is 2. The van der Waals surface area contributed by atoms with E-state index in [9.17, 15) is 14.4 Å². The van der Waals surface area contributed by atoms with E-state index in [4.69, 9.17) is 9.26 Å². The Hall–Kier alpha value is -4.26. The van der Waals surface area contributed by atoms with E-state index in [0.29, 0.717) is 58.7 Å². The number of aromatic amines is 1. The molecule has 38 heavy (non-hydrogen) atoms. The number of aryl methyl sites for hydroxylation is 1. The lowest BCUT2D eigenvalue weighted by Crippen LogP contribution is -2.26. The maximum atomic E-state index is 12.2. The van der Waals surface area contributed by atoms with Gasteiger partial charge in [0.2, 0.25) is 17.6 Å². The minimum Gasteiger partial charge on any atom is -0.444 e. The SMILES string of the molecule is CC(C)(C)OC(=O)Nc1ccc(-c2noc(CCC(=O)NCCCNc3n[nH]c(=O)c4ccccc34)n2)s1. The molecule has 0 aliphatic rings. The molecule has 12 nitrogen and oxygen atoms in total. The summed E-state index contributed by atoms with van der Waals surface area (Å²) in [6.07, 6.45) is 0.641. The number of fused-ring (bicyclic) bond motifs is 1. The highest BCUT2D eigenvalue weighted by Crippen LogP contribution is 2.30. The van der Waals surface area contributed by atoms with Crippen LogP contribution in [-0.4, -0.2) is 51.0 Å². The van der Waals surface area contributed by atoms with Crippen LogP contribution in [0.5, 0.6) is 0 Å². The summed E-state index contributed by atoms with van der Waals surface area (Å²) >= 11 is 1.29. The van der Waals surface area contributed by atoms with Crippen LogP contribution in [0, 0.1) is 0 Å². The Balaban J connectivity index is 1.17. The molecule has 0 saturated carbocycles. The fourth-order valence-electron chi connectivity index (χ4n) is 3.47. The van der Waals surface area contributed by atoms with Crippen LogP contribution in [0.4, 0.5) is 15.6 Å². The van der Waals surface area contributed by atoms with Crippen molar-refractivity contribution in [2.75, 3.05) is 23.7 Å². The van der Waals surface area contributed by atoms with Gasteiger partial charge < -0.3 is 19.9 Å². The summed E-state index contributed by atoms with van der Waals surface area (Å²) in [6, 6.07) is 10.7. The number of rotatable bonds is 10. The van der Waals surface area contributed by atoms with Crippen molar-refractivity contribution >= 4 is 44.9 Å². The molecular formula is C25H29N7O5S. The van der Waals surface area contributed by atoms with Crippen molar-refractivity contribution in [1.29, 1.82) is 0 Å². The van der Waals surface area contributed by atoms with E-state index < -0.39 is 11.7 Å². The Morgan fingerprint density at radius 3 is 2.68 bits per heavy atom. The predicted molar refractivity (Wildman–Crippen MR) is 144 cm³/mol. The van der Waals surface area contributed by atoms with Crippen molar-refractivity contribution in [1.82, 2.24) is 25.7 Å². The number of benzene rings is 1. The minimum absolute atomic E-state index is 0.127. The molecule has 0 bridgehead atoms. The summed E-state index contributed by atoms with van der Waals surface area (Å²) in [5, 5.41) is 21.2.